The summed E-state index contributed by atoms with van der Waals surface area (Å²) in [5, 5.41) is 13.8. The van der Waals surface area contributed by atoms with Crippen molar-refractivity contribution < 1.29 is 5.11 Å². The highest BCUT2D eigenvalue weighted by atomic mass is 35.5. The highest BCUT2D eigenvalue weighted by Crippen LogP contribution is 2.24. The summed E-state index contributed by atoms with van der Waals surface area (Å²) in [4.78, 5) is 0. The first-order chi connectivity index (χ1) is 8.65. The van der Waals surface area contributed by atoms with Gasteiger partial charge in [0.05, 0.1) is 6.10 Å². The van der Waals surface area contributed by atoms with E-state index >= 15 is 0 Å². The van der Waals surface area contributed by atoms with E-state index in [1.807, 2.05) is 6.07 Å². The quantitative estimate of drug-likeness (QED) is 0.877. The molecule has 2 nitrogen and oxygen atoms in total. The van der Waals surface area contributed by atoms with Gasteiger partial charge in [0, 0.05) is 11.6 Å². The third-order valence-corrected chi connectivity index (χ3v) is 4.13. The molecule has 1 aliphatic rings. The molecule has 2 N–H and O–H groups in total. The van der Waals surface area contributed by atoms with Gasteiger partial charge in [0.25, 0.3) is 0 Å². The van der Waals surface area contributed by atoms with Crippen LogP contribution in [0.4, 0.5) is 0 Å². The molecule has 1 aromatic rings. The summed E-state index contributed by atoms with van der Waals surface area (Å²) in [6.07, 6.45) is 4.12. The van der Waals surface area contributed by atoms with E-state index in [1.165, 1.54) is 5.56 Å². The average molecular weight is 268 g/mol. The van der Waals surface area contributed by atoms with Gasteiger partial charge in [-0.1, -0.05) is 23.7 Å². The molecule has 0 amide bonds. The smallest absolute Gasteiger partial charge is 0.0540 e. The number of aryl methyl sites for hydroxylation is 1. The molecular formula is C15H22ClNO. The summed E-state index contributed by atoms with van der Waals surface area (Å²) in [5.41, 5.74) is 2.36. The minimum absolute atomic E-state index is 0.0622. The molecule has 0 bridgehead atoms. The maximum Gasteiger partial charge on any atom is 0.0540 e. The van der Waals surface area contributed by atoms with Crippen molar-refractivity contribution in [3.63, 3.8) is 0 Å². The molecule has 0 aromatic heterocycles. The molecule has 100 valence electrons. The lowest BCUT2D eigenvalue weighted by atomic mass is 9.87. The number of hydrogen-bond acceptors (Lipinski definition) is 2. The number of halogens is 1. The molecule has 3 heteroatoms. The van der Waals surface area contributed by atoms with Crippen LogP contribution >= 0.6 is 11.6 Å². The minimum Gasteiger partial charge on any atom is -0.393 e. The normalized spacial score (nSPS) is 24.2. The Bertz CT molecular complexity index is 386. The molecule has 0 heterocycles. The van der Waals surface area contributed by atoms with Gasteiger partial charge in [-0.2, -0.15) is 0 Å². The molecule has 1 saturated carbocycles. The third kappa shape index (κ3) is 3.98. The van der Waals surface area contributed by atoms with Crippen LogP contribution in [0.15, 0.2) is 18.2 Å². The van der Waals surface area contributed by atoms with Crippen molar-refractivity contribution in [1.82, 2.24) is 5.32 Å². The highest BCUT2D eigenvalue weighted by molar-refractivity contribution is 6.31. The minimum atomic E-state index is -0.0622. The van der Waals surface area contributed by atoms with Gasteiger partial charge >= 0.3 is 0 Å². The molecule has 0 saturated heterocycles. The average Bonchev–Trinajstić information content (AvgIpc) is 2.34. The largest absolute Gasteiger partial charge is 0.393 e. The summed E-state index contributed by atoms with van der Waals surface area (Å²) >= 11 is 6.20. The second kappa shape index (κ2) is 6.55. The Labute approximate surface area is 114 Å². The number of rotatable bonds is 4. The van der Waals surface area contributed by atoms with Crippen LogP contribution in [0, 0.1) is 12.8 Å². The van der Waals surface area contributed by atoms with Crippen molar-refractivity contribution in [3.8, 4) is 0 Å². The van der Waals surface area contributed by atoms with Crippen molar-refractivity contribution in [1.29, 1.82) is 0 Å². The number of aliphatic hydroxyl groups is 1. The molecule has 0 atom stereocenters. The van der Waals surface area contributed by atoms with E-state index in [9.17, 15) is 5.11 Å². The van der Waals surface area contributed by atoms with Crippen molar-refractivity contribution in [2.45, 2.75) is 45.3 Å². The first-order valence-electron chi connectivity index (χ1n) is 6.79. The number of aliphatic hydroxyl groups excluding tert-OH is 1. The van der Waals surface area contributed by atoms with Crippen molar-refractivity contribution in [3.05, 3.63) is 34.3 Å². The first-order valence-corrected chi connectivity index (χ1v) is 7.17. The Kier molecular flexibility index (Phi) is 5.04. The zero-order valence-electron chi connectivity index (χ0n) is 11.0. The van der Waals surface area contributed by atoms with Gasteiger partial charge in [-0.05, 0) is 62.3 Å². The standard InChI is InChI=1S/C15H22ClNO/c1-11-2-5-13(15(16)8-11)10-17-9-12-3-6-14(18)7-4-12/h2,5,8,12,14,17-18H,3-4,6-7,9-10H2,1H3. The van der Waals surface area contributed by atoms with E-state index < -0.39 is 0 Å². The summed E-state index contributed by atoms with van der Waals surface area (Å²) in [6, 6.07) is 6.20. The van der Waals surface area contributed by atoms with Crippen LogP contribution in [0.3, 0.4) is 0 Å². The molecular weight excluding hydrogens is 246 g/mol. The molecule has 1 aliphatic carbocycles. The second-order valence-electron chi connectivity index (χ2n) is 5.40. The van der Waals surface area contributed by atoms with Crippen LogP contribution in [-0.4, -0.2) is 17.8 Å². The summed E-state index contributed by atoms with van der Waals surface area (Å²) in [7, 11) is 0. The molecule has 2 rings (SSSR count). The van der Waals surface area contributed by atoms with Gasteiger partial charge in [-0.3, -0.25) is 0 Å². The molecule has 0 aliphatic heterocycles. The molecule has 18 heavy (non-hydrogen) atoms. The lowest BCUT2D eigenvalue weighted by Gasteiger charge is -2.25. The molecule has 0 spiro atoms. The molecule has 1 aromatic carbocycles. The topological polar surface area (TPSA) is 32.3 Å². The first kappa shape index (κ1) is 13.9. The lowest BCUT2D eigenvalue weighted by Crippen LogP contribution is -2.27. The Hall–Kier alpha value is -0.570. The van der Waals surface area contributed by atoms with Gasteiger partial charge in [-0.15, -0.1) is 0 Å². The number of benzene rings is 1. The third-order valence-electron chi connectivity index (χ3n) is 3.77. The Morgan fingerprint density at radius 3 is 2.67 bits per heavy atom. The van der Waals surface area contributed by atoms with Crippen molar-refractivity contribution in [2.24, 2.45) is 5.92 Å². The van der Waals surface area contributed by atoms with E-state index in [4.69, 9.17) is 11.6 Å². The zero-order chi connectivity index (χ0) is 13.0. The van der Waals surface area contributed by atoms with Gasteiger partial charge in [0.1, 0.15) is 0 Å². The second-order valence-corrected chi connectivity index (χ2v) is 5.81. The zero-order valence-corrected chi connectivity index (χ0v) is 11.7. The van der Waals surface area contributed by atoms with E-state index in [2.05, 4.69) is 24.4 Å². The van der Waals surface area contributed by atoms with Gasteiger partial charge in [0.15, 0.2) is 0 Å². The predicted molar refractivity (Wildman–Crippen MR) is 75.9 cm³/mol. The molecule has 0 unspecified atom stereocenters. The van der Waals surface area contributed by atoms with Crippen molar-refractivity contribution in [2.75, 3.05) is 6.54 Å². The van der Waals surface area contributed by atoms with E-state index in [-0.39, 0.29) is 6.10 Å². The maximum atomic E-state index is 9.45. The predicted octanol–water partition coefficient (Wildman–Crippen LogP) is 3.29. The summed E-state index contributed by atoms with van der Waals surface area (Å²) in [5.74, 6) is 0.706. The van der Waals surface area contributed by atoms with E-state index in [0.29, 0.717) is 5.92 Å². The fourth-order valence-electron chi connectivity index (χ4n) is 2.56. The van der Waals surface area contributed by atoms with Gasteiger partial charge < -0.3 is 10.4 Å². The van der Waals surface area contributed by atoms with Crippen molar-refractivity contribution >= 4 is 11.6 Å². The Morgan fingerprint density at radius 1 is 1.28 bits per heavy atom. The van der Waals surface area contributed by atoms with E-state index in [1.54, 1.807) is 0 Å². The molecule has 0 radical (unpaired) electrons. The van der Waals surface area contributed by atoms with Gasteiger partial charge in [-0.25, -0.2) is 0 Å². The van der Waals surface area contributed by atoms with E-state index in [0.717, 1.165) is 49.4 Å². The SMILES string of the molecule is Cc1ccc(CNCC2CCC(O)CC2)c(Cl)c1. The lowest BCUT2D eigenvalue weighted by molar-refractivity contribution is 0.108. The van der Waals surface area contributed by atoms with Crippen LogP contribution in [0.2, 0.25) is 5.02 Å². The Morgan fingerprint density at radius 2 is 2.00 bits per heavy atom. The number of nitrogens with one attached hydrogen (secondary N) is 1. The van der Waals surface area contributed by atoms with Crippen LogP contribution in [-0.2, 0) is 6.54 Å². The fraction of sp³-hybridized carbons (Fsp3) is 0.600. The van der Waals surface area contributed by atoms with Crippen LogP contribution in [0.1, 0.15) is 36.8 Å². The monoisotopic (exact) mass is 267 g/mol. The maximum absolute atomic E-state index is 9.45. The Balaban J connectivity index is 1.75. The highest BCUT2D eigenvalue weighted by Gasteiger charge is 2.18. The summed E-state index contributed by atoms with van der Waals surface area (Å²) in [6.45, 7) is 3.91. The molecule has 1 fully saturated rings. The fourth-order valence-corrected chi connectivity index (χ4v) is 2.86. The summed E-state index contributed by atoms with van der Waals surface area (Å²) < 4.78 is 0. The van der Waals surface area contributed by atoms with Gasteiger partial charge in [0.2, 0.25) is 0 Å². The van der Waals surface area contributed by atoms with Crippen LogP contribution in [0.5, 0.6) is 0 Å². The number of hydrogen-bond donors (Lipinski definition) is 2. The van der Waals surface area contributed by atoms with Crippen LogP contribution in [0.25, 0.3) is 0 Å². The van der Waals surface area contributed by atoms with Crippen LogP contribution < -0.4 is 5.32 Å².